The molecule has 0 aliphatic heterocycles. The van der Waals surface area contributed by atoms with E-state index < -0.39 is 6.04 Å². The van der Waals surface area contributed by atoms with Gasteiger partial charge in [-0.15, -0.1) is 11.8 Å². The van der Waals surface area contributed by atoms with Crippen LogP contribution in [0.4, 0.5) is 0 Å². The predicted molar refractivity (Wildman–Crippen MR) is 156 cm³/mol. The third-order valence-electron chi connectivity index (χ3n) is 5.96. The fourth-order valence-corrected chi connectivity index (χ4v) is 5.24. The second-order valence-electron chi connectivity index (χ2n) is 9.54. The lowest BCUT2D eigenvalue weighted by Gasteiger charge is -2.32. The first-order valence-electron chi connectivity index (χ1n) is 12.4. The summed E-state index contributed by atoms with van der Waals surface area (Å²) in [7, 11) is 0. The quantitative estimate of drug-likeness (QED) is 0.262. The molecule has 3 aromatic rings. The molecule has 0 aliphatic carbocycles. The molecule has 0 spiro atoms. The number of hydrogen-bond acceptors (Lipinski definition) is 3. The van der Waals surface area contributed by atoms with Gasteiger partial charge in [-0.1, -0.05) is 103 Å². The van der Waals surface area contributed by atoms with Gasteiger partial charge in [0.1, 0.15) is 6.04 Å². The van der Waals surface area contributed by atoms with Crippen LogP contribution in [0.2, 0.25) is 10.0 Å². The molecule has 1 atom stereocenters. The van der Waals surface area contributed by atoms with Crippen molar-refractivity contribution in [1.29, 1.82) is 0 Å². The van der Waals surface area contributed by atoms with E-state index >= 15 is 0 Å². The third-order valence-corrected chi connectivity index (χ3v) is 7.66. The molecule has 0 aromatic heterocycles. The summed E-state index contributed by atoms with van der Waals surface area (Å²) >= 11 is 14.5. The van der Waals surface area contributed by atoms with Gasteiger partial charge in [0.2, 0.25) is 11.8 Å². The van der Waals surface area contributed by atoms with Crippen molar-refractivity contribution in [3.63, 3.8) is 0 Å². The number of nitrogens with one attached hydrogen (secondary N) is 1. The van der Waals surface area contributed by atoms with Crippen molar-refractivity contribution in [1.82, 2.24) is 10.2 Å². The molecular formula is C30H34Cl2N2O2S. The predicted octanol–water partition coefficient (Wildman–Crippen LogP) is 6.95. The zero-order chi connectivity index (χ0) is 26.8. The highest BCUT2D eigenvalue weighted by Gasteiger charge is 2.31. The van der Waals surface area contributed by atoms with Crippen molar-refractivity contribution in [3.8, 4) is 0 Å². The summed E-state index contributed by atoms with van der Waals surface area (Å²) in [6.07, 6.45) is 0.390. The molecule has 0 bridgehead atoms. The first-order valence-corrected chi connectivity index (χ1v) is 14.3. The molecule has 7 heteroatoms. The van der Waals surface area contributed by atoms with E-state index in [-0.39, 0.29) is 30.0 Å². The second kappa shape index (κ2) is 14.5. The van der Waals surface area contributed by atoms with Crippen LogP contribution in [0.1, 0.15) is 36.1 Å². The summed E-state index contributed by atoms with van der Waals surface area (Å²) in [5.74, 6) is 0.911. The van der Waals surface area contributed by atoms with Crippen molar-refractivity contribution in [2.45, 2.75) is 45.5 Å². The maximum absolute atomic E-state index is 13.7. The highest BCUT2D eigenvalue weighted by Crippen LogP contribution is 2.28. The van der Waals surface area contributed by atoms with Crippen LogP contribution in [0.5, 0.6) is 0 Å². The number of nitrogens with zero attached hydrogens (tertiary/aromatic N) is 1. The Morgan fingerprint density at radius 3 is 2.16 bits per heavy atom. The Morgan fingerprint density at radius 2 is 1.54 bits per heavy atom. The summed E-state index contributed by atoms with van der Waals surface area (Å²) in [6, 6.07) is 22.6. The van der Waals surface area contributed by atoms with Crippen LogP contribution in [-0.2, 0) is 28.3 Å². The lowest BCUT2D eigenvalue weighted by Crippen LogP contribution is -2.51. The molecule has 0 fully saturated rings. The molecule has 4 nitrogen and oxygen atoms in total. The first-order chi connectivity index (χ1) is 17.7. The van der Waals surface area contributed by atoms with Crippen molar-refractivity contribution in [3.05, 3.63) is 105 Å². The monoisotopic (exact) mass is 556 g/mol. The number of thioether (sulfide) groups is 1. The summed E-state index contributed by atoms with van der Waals surface area (Å²) in [5, 5.41) is 3.98. The van der Waals surface area contributed by atoms with Crippen molar-refractivity contribution in [2.75, 3.05) is 12.3 Å². The number of aryl methyl sites for hydroxylation is 1. The van der Waals surface area contributed by atoms with Crippen LogP contribution in [0, 0.1) is 12.8 Å². The number of rotatable bonds is 12. The highest BCUT2D eigenvalue weighted by atomic mass is 35.5. The lowest BCUT2D eigenvalue weighted by molar-refractivity contribution is -0.139. The summed E-state index contributed by atoms with van der Waals surface area (Å²) in [6.45, 7) is 6.81. The Labute approximate surface area is 234 Å². The summed E-state index contributed by atoms with van der Waals surface area (Å²) in [4.78, 5) is 28.9. The lowest BCUT2D eigenvalue weighted by atomic mass is 10.0. The Kier molecular flexibility index (Phi) is 11.4. The van der Waals surface area contributed by atoms with Gasteiger partial charge in [-0.2, -0.15) is 0 Å². The van der Waals surface area contributed by atoms with Gasteiger partial charge in [0, 0.05) is 40.9 Å². The maximum atomic E-state index is 13.7. The van der Waals surface area contributed by atoms with E-state index in [1.54, 1.807) is 23.1 Å². The number of hydrogen-bond donors (Lipinski definition) is 1. The minimum Gasteiger partial charge on any atom is -0.354 e. The van der Waals surface area contributed by atoms with E-state index in [0.29, 0.717) is 34.3 Å². The molecule has 0 saturated heterocycles. The maximum Gasteiger partial charge on any atom is 0.243 e. The van der Waals surface area contributed by atoms with Gasteiger partial charge in [-0.05, 0) is 36.1 Å². The number of amides is 2. The minimum absolute atomic E-state index is 0.131. The third kappa shape index (κ3) is 9.10. The largest absolute Gasteiger partial charge is 0.354 e. The average Bonchev–Trinajstić information content (AvgIpc) is 2.88. The van der Waals surface area contributed by atoms with Gasteiger partial charge in [-0.3, -0.25) is 9.59 Å². The SMILES string of the molecule is Cc1ccc(CSCC(=O)N(Cc2c(Cl)cccc2Cl)[C@H](Cc2ccccc2)C(=O)NCC(C)C)cc1. The Balaban J connectivity index is 1.88. The zero-order valence-corrected chi connectivity index (χ0v) is 23.9. The number of benzene rings is 3. The molecule has 37 heavy (non-hydrogen) atoms. The normalized spacial score (nSPS) is 11.8. The molecule has 0 saturated carbocycles. The molecule has 2 amide bonds. The molecule has 1 N–H and O–H groups in total. The minimum atomic E-state index is -0.707. The molecule has 0 unspecified atom stereocenters. The van der Waals surface area contributed by atoms with Crippen LogP contribution < -0.4 is 5.32 Å². The number of carbonyl (C=O) groups excluding carboxylic acids is 2. The van der Waals surface area contributed by atoms with Gasteiger partial charge >= 0.3 is 0 Å². The van der Waals surface area contributed by atoms with E-state index in [1.165, 1.54) is 17.3 Å². The van der Waals surface area contributed by atoms with Crippen molar-refractivity contribution < 1.29 is 9.59 Å². The fourth-order valence-electron chi connectivity index (χ4n) is 3.85. The zero-order valence-electron chi connectivity index (χ0n) is 21.5. The van der Waals surface area contributed by atoms with Gasteiger partial charge < -0.3 is 10.2 Å². The van der Waals surface area contributed by atoms with Gasteiger partial charge in [-0.25, -0.2) is 0 Å². The van der Waals surface area contributed by atoms with Gasteiger partial charge in [0.15, 0.2) is 0 Å². The van der Waals surface area contributed by atoms with E-state index in [2.05, 4.69) is 36.5 Å². The standard InChI is InChI=1S/C30H34Cl2N2O2S/c1-21(2)17-33-30(36)28(16-23-8-5-4-6-9-23)34(18-25-26(31)10-7-11-27(25)32)29(35)20-37-19-24-14-12-22(3)13-15-24/h4-15,21,28H,16-20H2,1-3H3,(H,33,36)/t28-/m1/s1. The van der Waals surface area contributed by atoms with Crippen molar-refractivity contribution in [2.24, 2.45) is 5.92 Å². The Hall–Kier alpha value is -2.47. The van der Waals surface area contributed by atoms with E-state index in [1.807, 2.05) is 44.2 Å². The number of carbonyl (C=O) groups is 2. The summed E-state index contributed by atoms with van der Waals surface area (Å²) in [5.41, 5.74) is 3.96. The topological polar surface area (TPSA) is 49.4 Å². The van der Waals surface area contributed by atoms with Crippen LogP contribution in [0.25, 0.3) is 0 Å². The second-order valence-corrected chi connectivity index (χ2v) is 11.3. The van der Waals surface area contributed by atoms with Crippen LogP contribution in [-0.4, -0.2) is 35.1 Å². The summed E-state index contributed by atoms with van der Waals surface area (Å²) < 4.78 is 0. The van der Waals surface area contributed by atoms with Gasteiger partial charge in [0.05, 0.1) is 5.75 Å². The molecule has 0 radical (unpaired) electrons. The van der Waals surface area contributed by atoms with E-state index in [9.17, 15) is 9.59 Å². The van der Waals surface area contributed by atoms with Gasteiger partial charge in [0.25, 0.3) is 0 Å². The average molecular weight is 558 g/mol. The number of halogens is 2. The molecule has 0 aliphatic rings. The van der Waals surface area contributed by atoms with E-state index in [0.717, 1.165) is 11.1 Å². The first kappa shape index (κ1) is 29.1. The molecular weight excluding hydrogens is 523 g/mol. The Bertz CT molecular complexity index is 1150. The molecule has 3 aromatic carbocycles. The fraction of sp³-hybridized carbons (Fsp3) is 0.333. The molecule has 3 rings (SSSR count). The van der Waals surface area contributed by atoms with E-state index in [4.69, 9.17) is 23.2 Å². The molecule has 0 heterocycles. The smallest absolute Gasteiger partial charge is 0.243 e. The van der Waals surface area contributed by atoms with Crippen LogP contribution in [0.15, 0.2) is 72.8 Å². The van der Waals surface area contributed by atoms with Crippen LogP contribution >= 0.6 is 35.0 Å². The molecule has 196 valence electrons. The Morgan fingerprint density at radius 1 is 0.892 bits per heavy atom. The van der Waals surface area contributed by atoms with Crippen molar-refractivity contribution >= 4 is 46.8 Å². The highest BCUT2D eigenvalue weighted by molar-refractivity contribution is 7.99. The van der Waals surface area contributed by atoms with Crippen LogP contribution in [0.3, 0.4) is 0 Å².